The molecule has 1 aliphatic heterocycles. The molecular weight excluding hydrogens is 326 g/mol. The van der Waals surface area contributed by atoms with Crippen molar-refractivity contribution in [1.82, 2.24) is 15.5 Å². The Kier molecular flexibility index (Phi) is 7.93. The van der Waals surface area contributed by atoms with Gasteiger partial charge in [0.25, 0.3) is 0 Å². The van der Waals surface area contributed by atoms with Gasteiger partial charge in [0.1, 0.15) is 0 Å². The molecule has 2 atom stereocenters. The lowest BCUT2D eigenvalue weighted by Crippen LogP contribution is -2.55. The van der Waals surface area contributed by atoms with E-state index in [1.165, 1.54) is 19.3 Å². The number of hydrogen-bond acceptors (Lipinski definition) is 3. The number of nitrogens with zero attached hydrogens (tertiary/aromatic N) is 1. The predicted molar refractivity (Wildman–Crippen MR) is 106 cm³/mol. The normalized spacial score (nSPS) is 23.6. The Morgan fingerprint density at radius 3 is 2.50 bits per heavy atom. The van der Waals surface area contributed by atoms with Crippen LogP contribution in [0.1, 0.15) is 79.1 Å². The summed E-state index contributed by atoms with van der Waals surface area (Å²) >= 11 is 0. The molecular formula is C21H39N3O2. The standard InChI is InChI=1S/C21H39N3O2/c1-5-17-9-8-12-24(14-17)21(3,4)15-22-19(25)13-16(2)23-20(26)18-10-6-7-11-18/h16-18H,5-15H2,1-4H3,(H,22,25)(H,23,26). The molecule has 150 valence electrons. The number of carbonyl (C=O) groups excluding carboxylic acids is 2. The molecule has 0 aromatic rings. The van der Waals surface area contributed by atoms with Gasteiger partial charge in [-0.1, -0.05) is 26.2 Å². The number of likely N-dealkylation sites (tertiary alicyclic amines) is 1. The molecule has 2 N–H and O–H groups in total. The first-order valence-electron chi connectivity index (χ1n) is 10.6. The van der Waals surface area contributed by atoms with Crippen LogP contribution in [0.2, 0.25) is 0 Å². The number of rotatable bonds is 8. The maximum Gasteiger partial charge on any atom is 0.223 e. The highest BCUT2D eigenvalue weighted by molar-refractivity contribution is 5.81. The van der Waals surface area contributed by atoms with Gasteiger partial charge in [-0.05, 0) is 58.9 Å². The van der Waals surface area contributed by atoms with E-state index in [1.807, 2.05) is 6.92 Å². The largest absolute Gasteiger partial charge is 0.354 e. The van der Waals surface area contributed by atoms with Gasteiger partial charge in [-0.25, -0.2) is 0 Å². The fourth-order valence-electron chi connectivity index (χ4n) is 4.32. The van der Waals surface area contributed by atoms with Gasteiger partial charge >= 0.3 is 0 Å². The summed E-state index contributed by atoms with van der Waals surface area (Å²) in [5.74, 6) is 1.10. The van der Waals surface area contributed by atoms with Crippen molar-refractivity contribution in [3.05, 3.63) is 0 Å². The highest BCUT2D eigenvalue weighted by Gasteiger charge is 2.31. The summed E-state index contributed by atoms with van der Waals surface area (Å²) in [5, 5.41) is 6.11. The molecule has 1 saturated carbocycles. The summed E-state index contributed by atoms with van der Waals surface area (Å²) in [5.41, 5.74) is -0.0279. The Bertz CT molecular complexity index is 472. The highest BCUT2D eigenvalue weighted by atomic mass is 16.2. The van der Waals surface area contributed by atoms with E-state index in [0.29, 0.717) is 13.0 Å². The second-order valence-corrected chi connectivity index (χ2v) is 9.05. The van der Waals surface area contributed by atoms with E-state index in [9.17, 15) is 9.59 Å². The summed E-state index contributed by atoms with van der Waals surface area (Å²) in [4.78, 5) is 27.0. The van der Waals surface area contributed by atoms with Crippen molar-refractivity contribution >= 4 is 11.8 Å². The molecule has 5 heteroatoms. The van der Waals surface area contributed by atoms with Crippen molar-refractivity contribution in [3.8, 4) is 0 Å². The van der Waals surface area contributed by atoms with Crippen molar-refractivity contribution in [2.45, 2.75) is 90.6 Å². The van der Waals surface area contributed by atoms with Crippen molar-refractivity contribution in [2.75, 3.05) is 19.6 Å². The molecule has 1 heterocycles. The minimum Gasteiger partial charge on any atom is -0.354 e. The van der Waals surface area contributed by atoms with Gasteiger partial charge < -0.3 is 10.6 Å². The smallest absolute Gasteiger partial charge is 0.223 e. The van der Waals surface area contributed by atoms with Crippen LogP contribution in [0.4, 0.5) is 0 Å². The zero-order valence-electron chi connectivity index (χ0n) is 17.3. The third-order valence-electron chi connectivity index (χ3n) is 6.28. The van der Waals surface area contributed by atoms with Gasteiger partial charge in [-0.3, -0.25) is 14.5 Å². The Morgan fingerprint density at radius 2 is 1.85 bits per heavy atom. The minimum atomic E-state index is -0.106. The van der Waals surface area contributed by atoms with Gasteiger partial charge in [-0.2, -0.15) is 0 Å². The molecule has 0 aromatic heterocycles. The summed E-state index contributed by atoms with van der Waals surface area (Å²) in [6.45, 7) is 11.5. The summed E-state index contributed by atoms with van der Waals surface area (Å²) < 4.78 is 0. The fourth-order valence-corrected chi connectivity index (χ4v) is 4.32. The third-order valence-corrected chi connectivity index (χ3v) is 6.28. The van der Waals surface area contributed by atoms with Crippen LogP contribution in [0.25, 0.3) is 0 Å². The summed E-state index contributed by atoms with van der Waals surface area (Å²) in [7, 11) is 0. The second-order valence-electron chi connectivity index (χ2n) is 9.05. The Hall–Kier alpha value is -1.10. The number of amides is 2. The molecule has 0 spiro atoms. The molecule has 2 unspecified atom stereocenters. The number of hydrogen-bond donors (Lipinski definition) is 2. The van der Waals surface area contributed by atoms with Gasteiger partial charge in [0.2, 0.25) is 11.8 Å². The van der Waals surface area contributed by atoms with E-state index in [1.54, 1.807) is 0 Å². The first-order valence-corrected chi connectivity index (χ1v) is 10.6. The molecule has 0 radical (unpaired) electrons. The molecule has 5 nitrogen and oxygen atoms in total. The topological polar surface area (TPSA) is 61.4 Å². The third kappa shape index (κ3) is 6.26. The second kappa shape index (κ2) is 9.72. The summed E-state index contributed by atoms with van der Waals surface area (Å²) in [6.07, 6.45) is 8.45. The maximum atomic E-state index is 12.3. The highest BCUT2D eigenvalue weighted by Crippen LogP contribution is 2.26. The quantitative estimate of drug-likeness (QED) is 0.695. The molecule has 26 heavy (non-hydrogen) atoms. The van der Waals surface area contributed by atoms with Gasteiger partial charge in [0.05, 0.1) is 0 Å². The van der Waals surface area contributed by atoms with E-state index in [2.05, 4.69) is 36.3 Å². The zero-order valence-corrected chi connectivity index (χ0v) is 17.3. The molecule has 2 fully saturated rings. The van der Waals surface area contributed by atoms with Crippen LogP contribution in [0.15, 0.2) is 0 Å². The van der Waals surface area contributed by atoms with Gasteiger partial charge in [-0.15, -0.1) is 0 Å². The van der Waals surface area contributed by atoms with E-state index in [0.717, 1.165) is 44.7 Å². The van der Waals surface area contributed by atoms with Crippen LogP contribution < -0.4 is 10.6 Å². The Balaban J connectivity index is 1.71. The monoisotopic (exact) mass is 365 g/mol. The molecule has 2 aliphatic rings. The predicted octanol–water partition coefficient (Wildman–Crippen LogP) is 3.09. The van der Waals surface area contributed by atoms with Gasteiger partial charge in [0, 0.05) is 37.0 Å². The number of nitrogens with one attached hydrogen (secondary N) is 2. The van der Waals surface area contributed by atoms with Crippen LogP contribution in [0.3, 0.4) is 0 Å². The van der Waals surface area contributed by atoms with Crippen LogP contribution in [0, 0.1) is 11.8 Å². The van der Waals surface area contributed by atoms with Crippen LogP contribution in [0.5, 0.6) is 0 Å². The number of piperidine rings is 1. The molecule has 0 bridgehead atoms. The first-order chi connectivity index (χ1) is 12.3. The molecule has 2 amide bonds. The van der Waals surface area contributed by atoms with Crippen molar-refractivity contribution < 1.29 is 9.59 Å². The Morgan fingerprint density at radius 1 is 1.15 bits per heavy atom. The zero-order chi connectivity index (χ0) is 19.2. The van der Waals surface area contributed by atoms with Crippen molar-refractivity contribution in [2.24, 2.45) is 11.8 Å². The fraction of sp³-hybridized carbons (Fsp3) is 0.905. The van der Waals surface area contributed by atoms with Crippen LogP contribution in [-0.4, -0.2) is 47.9 Å². The lowest BCUT2D eigenvalue weighted by Gasteiger charge is -2.43. The lowest BCUT2D eigenvalue weighted by molar-refractivity contribution is -0.126. The average Bonchev–Trinajstić information content (AvgIpc) is 3.15. The SMILES string of the molecule is CCC1CCCN(C(C)(C)CNC(=O)CC(C)NC(=O)C2CCCC2)C1. The van der Waals surface area contributed by atoms with Crippen molar-refractivity contribution in [1.29, 1.82) is 0 Å². The van der Waals surface area contributed by atoms with Crippen molar-refractivity contribution in [3.63, 3.8) is 0 Å². The van der Waals surface area contributed by atoms with Crippen LogP contribution >= 0.6 is 0 Å². The minimum absolute atomic E-state index is 0.0279. The Labute approximate surface area is 159 Å². The average molecular weight is 366 g/mol. The van der Waals surface area contributed by atoms with E-state index in [-0.39, 0.29) is 29.3 Å². The molecule has 1 saturated heterocycles. The van der Waals surface area contributed by atoms with E-state index >= 15 is 0 Å². The molecule has 1 aliphatic carbocycles. The maximum absolute atomic E-state index is 12.3. The first kappa shape index (κ1) is 21.2. The molecule has 0 aromatic carbocycles. The number of carbonyl (C=O) groups is 2. The van der Waals surface area contributed by atoms with Crippen LogP contribution in [-0.2, 0) is 9.59 Å². The van der Waals surface area contributed by atoms with E-state index < -0.39 is 0 Å². The van der Waals surface area contributed by atoms with E-state index in [4.69, 9.17) is 0 Å². The lowest BCUT2D eigenvalue weighted by atomic mass is 9.91. The molecule has 2 rings (SSSR count). The summed E-state index contributed by atoms with van der Waals surface area (Å²) in [6, 6.07) is -0.106. The van der Waals surface area contributed by atoms with Gasteiger partial charge in [0.15, 0.2) is 0 Å².